The summed E-state index contributed by atoms with van der Waals surface area (Å²) in [5.41, 5.74) is 6.98. The molecule has 0 aliphatic carbocycles. The SMILES string of the molecule is CCCCC(N)C(=O)Nc1cccc(C(=O)O)c1C. The molecule has 1 amide bonds. The van der Waals surface area contributed by atoms with Gasteiger partial charge in [0.15, 0.2) is 0 Å². The summed E-state index contributed by atoms with van der Waals surface area (Å²) in [6, 6.07) is 4.22. The third kappa shape index (κ3) is 4.06. The Hall–Kier alpha value is -1.88. The number of carboxylic acids is 1. The second kappa shape index (κ2) is 6.89. The largest absolute Gasteiger partial charge is 0.478 e. The van der Waals surface area contributed by atoms with Crippen LogP contribution in [0.3, 0.4) is 0 Å². The van der Waals surface area contributed by atoms with Gasteiger partial charge >= 0.3 is 5.97 Å². The van der Waals surface area contributed by atoms with Crippen molar-refractivity contribution >= 4 is 17.6 Å². The topological polar surface area (TPSA) is 92.4 Å². The molecule has 5 nitrogen and oxygen atoms in total. The molecular formula is C14H20N2O3. The fraction of sp³-hybridized carbons (Fsp3) is 0.429. The van der Waals surface area contributed by atoms with Crippen LogP contribution in [-0.4, -0.2) is 23.0 Å². The number of unbranched alkanes of at least 4 members (excludes halogenated alkanes) is 1. The highest BCUT2D eigenvalue weighted by atomic mass is 16.4. The summed E-state index contributed by atoms with van der Waals surface area (Å²) in [7, 11) is 0. The van der Waals surface area contributed by atoms with Crippen molar-refractivity contribution < 1.29 is 14.7 Å². The molecule has 0 fully saturated rings. The summed E-state index contributed by atoms with van der Waals surface area (Å²) in [6.45, 7) is 3.70. The van der Waals surface area contributed by atoms with Gasteiger partial charge in [-0.05, 0) is 31.0 Å². The third-order valence-electron chi connectivity index (χ3n) is 3.03. The van der Waals surface area contributed by atoms with Crippen LogP contribution in [-0.2, 0) is 4.79 Å². The van der Waals surface area contributed by atoms with Gasteiger partial charge in [0, 0.05) is 5.69 Å². The lowest BCUT2D eigenvalue weighted by atomic mass is 10.1. The quantitative estimate of drug-likeness (QED) is 0.734. The molecule has 0 saturated carbocycles. The van der Waals surface area contributed by atoms with Crippen molar-refractivity contribution in [3.05, 3.63) is 29.3 Å². The number of anilines is 1. The Morgan fingerprint density at radius 1 is 1.42 bits per heavy atom. The minimum absolute atomic E-state index is 0.180. The van der Waals surface area contributed by atoms with Crippen molar-refractivity contribution in [1.29, 1.82) is 0 Å². The second-order valence-electron chi connectivity index (χ2n) is 4.52. The van der Waals surface area contributed by atoms with E-state index in [1.165, 1.54) is 6.07 Å². The Morgan fingerprint density at radius 3 is 2.68 bits per heavy atom. The Bertz CT molecular complexity index is 472. The second-order valence-corrected chi connectivity index (χ2v) is 4.52. The number of carboxylic acid groups (broad SMARTS) is 1. The molecule has 0 aliphatic heterocycles. The van der Waals surface area contributed by atoms with Gasteiger partial charge in [0.05, 0.1) is 11.6 Å². The number of hydrogen-bond donors (Lipinski definition) is 3. The van der Waals surface area contributed by atoms with Crippen molar-refractivity contribution in [2.75, 3.05) is 5.32 Å². The number of carbonyl (C=O) groups is 2. The Balaban J connectivity index is 2.80. The van der Waals surface area contributed by atoms with Crippen molar-refractivity contribution in [1.82, 2.24) is 0 Å². The van der Waals surface area contributed by atoms with Crippen LogP contribution in [0.15, 0.2) is 18.2 Å². The molecule has 1 unspecified atom stereocenters. The van der Waals surface area contributed by atoms with E-state index in [1.807, 2.05) is 6.92 Å². The van der Waals surface area contributed by atoms with E-state index in [9.17, 15) is 9.59 Å². The normalized spacial score (nSPS) is 11.9. The lowest BCUT2D eigenvalue weighted by Gasteiger charge is -2.14. The van der Waals surface area contributed by atoms with Crippen LogP contribution in [0.5, 0.6) is 0 Å². The maximum Gasteiger partial charge on any atom is 0.336 e. The number of carbonyl (C=O) groups excluding carboxylic acids is 1. The van der Waals surface area contributed by atoms with Gasteiger partial charge < -0.3 is 16.2 Å². The lowest BCUT2D eigenvalue weighted by Crippen LogP contribution is -2.35. The first-order chi connectivity index (χ1) is 8.97. The van der Waals surface area contributed by atoms with Crippen molar-refractivity contribution in [3.63, 3.8) is 0 Å². The first-order valence-corrected chi connectivity index (χ1v) is 6.36. The van der Waals surface area contributed by atoms with Gasteiger partial charge in [-0.15, -0.1) is 0 Å². The number of hydrogen-bond acceptors (Lipinski definition) is 3. The van der Waals surface area contributed by atoms with E-state index < -0.39 is 12.0 Å². The van der Waals surface area contributed by atoms with Crippen molar-refractivity contribution in [2.24, 2.45) is 5.73 Å². The maximum atomic E-state index is 11.9. The molecule has 1 aromatic carbocycles. The molecule has 0 spiro atoms. The van der Waals surface area contributed by atoms with E-state index >= 15 is 0 Å². The number of nitrogens with one attached hydrogen (secondary N) is 1. The Kier molecular flexibility index (Phi) is 5.51. The number of rotatable bonds is 6. The minimum Gasteiger partial charge on any atom is -0.478 e. The average Bonchev–Trinajstić information content (AvgIpc) is 2.37. The molecule has 1 aromatic rings. The number of aromatic carboxylic acids is 1. The monoisotopic (exact) mass is 264 g/mol. The molecule has 19 heavy (non-hydrogen) atoms. The van der Waals surface area contributed by atoms with Gasteiger partial charge in [-0.3, -0.25) is 4.79 Å². The predicted molar refractivity (Wildman–Crippen MR) is 74.3 cm³/mol. The highest BCUT2D eigenvalue weighted by molar-refractivity contribution is 5.98. The van der Waals surface area contributed by atoms with E-state index in [0.29, 0.717) is 17.7 Å². The van der Waals surface area contributed by atoms with E-state index in [1.54, 1.807) is 19.1 Å². The zero-order chi connectivity index (χ0) is 14.4. The van der Waals surface area contributed by atoms with Gasteiger partial charge in [0.25, 0.3) is 0 Å². The summed E-state index contributed by atoms with van der Waals surface area (Å²) in [6.07, 6.45) is 2.50. The molecule has 0 aliphatic rings. The van der Waals surface area contributed by atoms with Crippen LogP contribution in [0.25, 0.3) is 0 Å². The molecule has 4 N–H and O–H groups in total. The minimum atomic E-state index is -1.01. The van der Waals surface area contributed by atoms with Crippen LogP contribution in [0.4, 0.5) is 5.69 Å². The zero-order valence-corrected chi connectivity index (χ0v) is 11.3. The van der Waals surface area contributed by atoms with Crippen LogP contribution in [0.1, 0.15) is 42.1 Å². The van der Waals surface area contributed by atoms with Gasteiger partial charge in [-0.25, -0.2) is 4.79 Å². The fourth-order valence-electron chi connectivity index (χ4n) is 1.78. The summed E-state index contributed by atoms with van der Waals surface area (Å²) in [5, 5.41) is 11.7. The highest BCUT2D eigenvalue weighted by Crippen LogP contribution is 2.19. The van der Waals surface area contributed by atoms with Gasteiger partial charge in [-0.2, -0.15) is 0 Å². The van der Waals surface area contributed by atoms with Gasteiger partial charge in [0.1, 0.15) is 0 Å². The fourth-order valence-corrected chi connectivity index (χ4v) is 1.78. The first-order valence-electron chi connectivity index (χ1n) is 6.36. The predicted octanol–water partition coefficient (Wildman–Crippen LogP) is 2.15. The van der Waals surface area contributed by atoms with E-state index in [2.05, 4.69) is 5.32 Å². The van der Waals surface area contributed by atoms with Crippen LogP contribution >= 0.6 is 0 Å². The first kappa shape index (κ1) is 15.2. The summed E-state index contributed by atoms with van der Waals surface area (Å²) in [4.78, 5) is 22.9. The molecule has 104 valence electrons. The third-order valence-corrected chi connectivity index (χ3v) is 3.03. The lowest BCUT2D eigenvalue weighted by molar-refractivity contribution is -0.117. The molecule has 0 aromatic heterocycles. The molecule has 1 rings (SSSR count). The number of benzene rings is 1. The van der Waals surface area contributed by atoms with E-state index in [-0.39, 0.29) is 11.5 Å². The standard InChI is InChI=1S/C14H20N2O3/c1-3-4-7-11(15)13(17)16-12-8-5-6-10(9(12)2)14(18)19/h5-6,8,11H,3-4,7,15H2,1-2H3,(H,16,17)(H,18,19). The molecule has 0 saturated heterocycles. The Morgan fingerprint density at radius 2 is 2.11 bits per heavy atom. The number of nitrogens with two attached hydrogens (primary N) is 1. The van der Waals surface area contributed by atoms with Crippen molar-refractivity contribution in [3.8, 4) is 0 Å². The highest BCUT2D eigenvalue weighted by Gasteiger charge is 2.16. The zero-order valence-electron chi connectivity index (χ0n) is 11.3. The summed E-state index contributed by atoms with van der Waals surface area (Å²) >= 11 is 0. The van der Waals surface area contributed by atoms with Gasteiger partial charge in [-0.1, -0.05) is 25.8 Å². The van der Waals surface area contributed by atoms with E-state index in [0.717, 1.165) is 12.8 Å². The maximum absolute atomic E-state index is 11.9. The van der Waals surface area contributed by atoms with Gasteiger partial charge in [0.2, 0.25) is 5.91 Å². The summed E-state index contributed by atoms with van der Waals surface area (Å²) in [5.74, 6) is -1.29. The van der Waals surface area contributed by atoms with Crippen molar-refractivity contribution in [2.45, 2.75) is 39.2 Å². The molecule has 0 radical (unpaired) electrons. The molecular weight excluding hydrogens is 244 g/mol. The number of amides is 1. The molecule has 0 bridgehead atoms. The van der Waals surface area contributed by atoms with Crippen LogP contribution in [0, 0.1) is 6.92 Å². The smallest absolute Gasteiger partial charge is 0.336 e. The Labute approximate surface area is 112 Å². The summed E-state index contributed by atoms with van der Waals surface area (Å²) < 4.78 is 0. The molecule has 5 heteroatoms. The van der Waals surface area contributed by atoms with Crippen LogP contribution in [0.2, 0.25) is 0 Å². The van der Waals surface area contributed by atoms with Crippen LogP contribution < -0.4 is 11.1 Å². The van der Waals surface area contributed by atoms with E-state index in [4.69, 9.17) is 10.8 Å². The molecule has 1 atom stereocenters. The average molecular weight is 264 g/mol. The molecule has 0 heterocycles.